The highest BCUT2D eigenvalue weighted by Crippen LogP contribution is 2.08. The number of nitrogens with two attached hydrogens (primary N) is 4. The summed E-state index contributed by atoms with van der Waals surface area (Å²) in [5, 5.41) is 11.7. The first-order valence-corrected chi connectivity index (χ1v) is 11.6. The highest BCUT2D eigenvalue weighted by atomic mass is 16.2. The van der Waals surface area contributed by atoms with E-state index in [4.69, 9.17) is 28.0 Å². The Morgan fingerprint density at radius 2 is 1.21 bits per heavy atom. The highest BCUT2D eigenvalue weighted by Gasteiger charge is 1.93. The van der Waals surface area contributed by atoms with Gasteiger partial charge in [-0.1, -0.05) is 59.8 Å². The maximum absolute atomic E-state index is 8.47. The van der Waals surface area contributed by atoms with Gasteiger partial charge in [0.25, 0.3) is 0 Å². The molecule has 0 radical (unpaired) electrons. The molecule has 0 rings (SSSR count). The number of hydrogen-bond acceptors (Lipinski definition) is 6. The van der Waals surface area contributed by atoms with Crippen molar-refractivity contribution in [2.24, 2.45) is 28.9 Å². The third kappa shape index (κ3) is 63.6. The van der Waals surface area contributed by atoms with E-state index in [0.717, 1.165) is 70.9 Å². The van der Waals surface area contributed by atoms with Crippen molar-refractivity contribution in [3.05, 3.63) is 0 Å². The van der Waals surface area contributed by atoms with Gasteiger partial charge in [-0.05, 0) is 64.2 Å². The minimum absolute atomic E-state index is 0.363. The molecule has 0 saturated carbocycles. The molecule has 28 heavy (non-hydrogen) atoms. The Balaban J connectivity index is -0.000000146. The van der Waals surface area contributed by atoms with Crippen LogP contribution in [0.3, 0.4) is 0 Å². The van der Waals surface area contributed by atoms with Gasteiger partial charge in [0, 0.05) is 19.7 Å². The molecule has 176 valence electrons. The van der Waals surface area contributed by atoms with E-state index in [0.29, 0.717) is 6.61 Å². The van der Waals surface area contributed by atoms with Crippen LogP contribution in [0.5, 0.6) is 0 Å². The van der Waals surface area contributed by atoms with Crippen LogP contribution in [-0.2, 0) is 0 Å². The Morgan fingerprint density at radius 3 is 1.57 bits per heavy atom. The molecule has 0 atom stereocenters. The summed E-state index contributed by atoms with van der Waals surface area (Å²) in [6, 6.07) is 0. The fraction of sp³-hybridized carbons (Fsp3) is 1.00. The van der Waals surface area contributed by atoms with Crippen LogP contribution in [0.25, 0.3) is 0 Å². The van der Waals surface area contributed by atoms with Gasteiger partial charge in [0.1, 0.15) is 0 Å². The standard InChI is InChI=1S/C9H20O.C6H17N3.C4H11N.C3H9N/c1-9(2)7-5-3-4-6-8-10;7-3-1-2-5-9-6-4-8;1-2-3-4-5;1-2-3-4/h9-10H,3-8H2,1-2H3;9H,1-8H2;2-5H2,1H3;2-4H2,1H3. The zero-order chi connectivity index (χ0) is 22.3. The van der Waals surface area contributed by atoms with Crippen LogP contribution in [0.2, 0.25) is 0 Å². The molecular formula is C22H57N5O. The van der Waals surface area contributed by atoms with Gasteiger partial charge in [-0.15, -0.1) is 0 Å². The topological polar surface area (TPSA) is 136 Å². The average Bonchev–Trinajstić information content (AvgIpc) is 2.69. The lowest BCUT2D eigenvalue weighted by molar-refractivity contribution is 0.282. The molecule has 0 aliphatic rings. The summed E-state index contributed by atoms with van der Waals surface area (Å²) in [5.74, 6) is 0.842. The third-order valence-corrected chi connectivity index (χ3v) is 3.66. The lowest BCUT2D eigenvalue weighted by Crippen LogP contribution is -2.23. The van der Waals surface area contributed by atoms with Crippen LogP contribution >= 0.6 is 0 Å². The molecular weight excluding hydrogens is 350 g/mol. The minimum Gasteiger partial charge on any atom is -0.396 e. The predicted molar refractivity (Wildman–Crippen MR) is 129 cm³/mol. The van der Waals surface area contributed by atoms with Gasteiger partial charge in [-0.2, -0.15) is 0 Å². The first kappa shape index (κ1) is 35.2. The summed E-state index contributed by atoms with van der Waals surface area (Å²) >= 11 is 0. The Hall–Kier alpha value is -0.240. The van der Waals surface area contributed by atoms with Crippen molar-refractivity contribution in [2.45, 2.75) is 91.9 Å². The lowest BCUT2D eigenvalue weighted by Gasteiger charge is -2.02. The molecule has 0 amide bonds. The van der Waals surface area contributed by atoms with Gasteiger partial charge in [-0.25, -0.2) is 0 Å². The smallest absolute Gasteiger partial charge is 0.0431 e. The van der Waals surface area contributed by atoms with Gasteiger partial charge in [0.15, 0.2) is 0 Å². The van der Waals surface area contributed by atoms with Crippen LogP contribution in [0.15, 0.2) is 0 Å². The largest absolute Gasteiger partial charge is 0.396 e. The summed E-state index contributed by atoms with van der Waals surface area (Å²) < 4.78 is 0. The van der Waals surface area contributed by atoms with Crippen LogP contribution < -0.4 is 28.3 Å². The normalized spacial score (nSPS) is 9.64. The first-order chi connectivity index (χ1) is 13.5. The molecule has 0 unspecified atom stereocenters. The quantitative estimate of drug-likeness (QED) is 0.231. The Kier molecular flexibility index (Phi) is 51.8. The number of hydrogen-bond donors (Lipinski definition) is 6. The fourth-order valence-corrected chi connectivity index (χ4v) is 1.84. The molecule has 0 fully saturated rings. The predicted octanol–water partition coefficient (Wildman–Crippen LogP) is 2.96. The molecule has 6 nitrogen and oxygen atoms in total. The molecule has 0 aliphatic heterocycles. The summed E-state index contributed by atoms with van der Waals surface area (Å²) in [6.45, 7) is 14.2. The number of rotatable bonds is 15. The minimum atomic E-state index is 0.363. The molecule has 0 aromatic rings. The molecule has 0 aromatic heterocycles. The van der Waals surface area contributed by atoms with E-state index in [1.165, 1.54) is 38.5 Å². The maximum atomic E-state index is 8.47. The van der Waals surface area contributed by atoms with Crippen molar-refractivity contribution in [1.82, 2.24) is 5.32 Å². The summed E-state index contributed by atoms with van der Waals surface area (Å²) in [7, 11) is 0. The van der Waals surface area contributed by atoms with Gasteiger partial charge in [0.2, 0.25) is 0 Å². The number of aliphatic hydroxyl groups excluding tert-OH is 1. The molecule has 0 heterocycles. The first-order valence-electron chi connectivity index (χ1n) is 11.6. The second-order valence-electron chi connectivity index (χ2n) is 7.29. The third-order valence-electron chi connectivity index (χ3n) is 3.66. The Bertz CT molecular complexity index is 197. The Labute approximate surface area is 177 Å². The Morgan fingerprint density at radius 1 is 0.643 bits per heavy atom. The second kappa shape index (κ2) is 41.2. The van der Waals surface area contributed by atoms with E-state index in [1.54, 1.807) is 0 Å². The lowest BCUT2D eigenvalue weighted by atomic mass is 10.0. The van der Waals surface area contributed by atoms with E-state index in [9.17, 15) is 0 Å². The monoisotopic (exact) mass is 407 g/mol. The molecule has 0 saturated heterocycles. The van der Waals surface area contributed by atoms with E-state index >= 15 is 0 Å². The van der Waals surface area contributed by atoms with Crippen LogP contribution in [0.4, 0.5) is 0 Å². The zero-order valence-corrected chi connectivity index (χ0v) is 19.9. The van der Waals surface area contributed by atoms with Gasteiger partial charge < -0.3 is 33.4 Å². The molecule has 0 aliphatic carbocycles. The van der Waals surface area contributed by atoms with Crippen molar-refractivity contribution in [3.63, 3.8) is 0 Å². The van der Waals surface area contributed by atoms with Crippen molar-refractivity contribution in [2.75, 3.05) is 45.9 Å². The van der Waals surface area contributed by atoms with Gasteiger partial charge in [0.05, 0.1) is 0 Å². The fourth-order valence-electron chi connectivity index (χ4n) is 1.84. The number of unbranched alkanes of at least 4 members (excludes halogenated alkanes) is 5. The highest BCUT2D eigenvalue weighted by molar-refractivity contribution is 4.48. The van der Waals surface area contributed by atoms with Crippen molar-refractivity contribution >= 4 is 0 Å². The van der Waals surface area contributed by atoms with Crippen molar-refractivity contribution < 1.29 is 5.11 Å². The molecule has 0 bridgehead atoms. The van der Waals surface area contributed by atoms with Crippen LogP contribution in [0.1, 0.15) is 91.9 Å². The summed E-state index contributed by atoms with van der Waals surface area (Å²) in [4.78, 5) is 0. The van der Waals surface area contributed by atoms with Crippen molar-refractivity contribution in [3.8, 4) is 0 Å². The van der Waals surface area contributed by atoms with Crippen LogP contribution in [0, 0.1) is 5.92 Å². The molecule has 10 N–H and O–H groups in total. The summed E-state index contributed by atoms with van der Waals surface area (Å²) in [6.07, 6.45) is 11.9. The molecule has 0 spiro atoms. The zero-order valence-electron chi connectivity index (χ0n) is 19.9. The van der Waals surface area contributed by atoms with Crippen LogP contribution in [-0.4, -0.2) is 51.0 Å². The van der Waals surface area contributed by atoms with Gasteiger partial charge in [-0.3, -0.25) is 0 Å². The van der Waals surface area contributed by atoms with E-state index in [1.807, 2.05) is 0 Å². The van der Waals surface area contributed by atoms with E-state index in [2.05, 4.69) is 33.0 Å². The number of aliphatic hydroxyl groups is 1. The SMILES string of the molecule is CC(C)CCCCCCO.CCCCN.CCCN.NCCCCNCCN. The second-order valence-corrected chi connectivity index (χ2v) is 7.29. The van der Waals surface area contributed by atoms with E-state index in [-0.39, 0.29) is 0 Å². The maximum Gasteiger partial charge on any atom is 0.0431 e. The van der Waals surface area contributed by atoms with Crippen molar-refractivity contribution in [1.29, 1.82) is 0 Å². The molecule has 0 aromatic carbocycles. The number of nitrogens with one attached hydrogen (secondary N) is 1. The van der Waals surface area contributed by atoms with E-state index < -0.39 is 0 Å². The van der Waals surface area contributed by atoms with Gasteiger partial charge >= 0.3 is 0 Å². The average molecular weight is 408 g/mol. The summed E-state index contributed by atoms with van der Waals surface area (Å²) in [5.41, 5.74) is 20.7. The molecule has 6 heteroatoms.